The van der Waals surface area contributed by atoms with Gasteiger partial charge < -0.3 is 14.2 Å². The van der Waals surface area contributed by atoms with Gasteiger partial charge in [-0.05, 0) is 0 Å². The van der Waals surface area contributed by atoms with Crippen LogP contribution >= 0.6 is 23.0 Å². The standard InChI is InChI=1S/C3H9F3N3O3P3/c1-11-14(5)7-13(4,3-10)8-15(6,9-14)12-2/h10H,3H2,1-2H3. The molecule has 0 saturated carbocycles. The van der Waals surface area contributed by atoms with Gasteiger partial charge in [-0.3, -0.25) is 0 Å². The smallest absolute Gasteiger partial charge is 0.385 e. The molecule has 1 aliphatic rings. The Balaban J connectivity index is 3.46. The van der Waals surface area contributed by atoms with Crippen LogP contribution in [0.15, 0.2) is 13.5 Å². The maximum absolute atomic E-state index is 13.5. The van der Waals surface area contributed by atoms with Crippen LogP contribution in [0, 0.1) is 0 Å². The van der Waals surface area contributed by atoms with Crippen molar-refractivity contribution >= 4 is 23.0 Å². The van der Waals surface area contributed by atoms with E-state index in [0.29, 0.717) is 0 Å². The van der Waals surface area contributed by atoms with Crippen molar-refractivity contribution in [1.82, 2.24) is 0 Å². The predicted octanol–water partition coefficient (Wildman–Crippen LogP) is 4.07. The van der Waals surface area contributed by atoms with Crippen molar-refractivity contribution in [1.29, 1.82) is 0 Å². The van der Waals surface area contributed by atoms with Crippen molar-refractivity contribution in [2.75, 3.05) is 20.6 Å². The fourth-order valence-electron chi connectivity index (χ4n) is 0.730. The molecule has 0 aromatic rings. The minimum absolute atomic E-state index is 0.883. The molecule has 1 rings (SSSR count). The molecule has 1 aliphatic heterocycles. The van der Waals surface area contributed by atoms with Gasteiger partial charge in [0.1, 0.15) is 6.35 Å². The molecule has 0 amide bonds. The van der Waals surface area contributed by atoms with Crippen LogP contribution in [0.3, 0.4) is 0 Å². The van der Waals surface area contributed by atoms with E-state index < -0.39 is 29.3 Å². The van der Waals surface area contributed by atoms with Crippen LogP contribution in [-0.2, 0) is 9.05 Å². The third kappa shape index (κ3) is 2.93. The SMILES string of the molecule is COP1(F)=NP(F)(CO)=NP(F)(OC)=N1. The molecule has 6 nitrogen and oxygen atoms in total. The van der Waals surface area contributed by atoms with Gasteiger partial charge in [-0.25, -0.2) is 0 Å². The number of aliphatic hydroxyl groups excluding tert-OH is 1. The minimum atomic E-state index is -4.40. The average molecular weight is 285 g/mol. The molecule has 15 heavy (non-hydrogen) atoms. The molecule has 0 fully saturated rings. The van der Waals surface area contributed by atoms with Gasteiger partial charge in [0, 0.05) is 14.2 Å². The van der Waals surface area contributed by atoms with Crippen molar-refractivity contribution in [3.63, 3.8) is 0 Å². The highest BCUT2D eigenvalue weighted by atomic mass is 31.3. The van der Waals surface area contributed by atoms with E-state index in [1.165, 1.54) is 0 Å². The summed E-state index contributed by atoms with van der Waals surface area (Å²) in [5.41, 5.74) is 0. The lowest BCUT2D eigenvalue weighted by Gasteiger charge is -2.20. The summed E-state index contributed by atoms with van der Waals surface area (Å²) in [6.07, 6.45) is -1.19. The number of aliphatic hydroxyl groups is 1. The van der Waals surface area contributed by atoms with Gasteiger partial charge in [0.2, 0.25) is 0 Å². The van der Waals surface area contributed by atoms with Gasteiger partial charge in [-0.1, -0.05) is 0 Å². The van der Waals surface area contributed by atoms with Crippen molar-refractivity contribution in [2.24, 2.45) is 13.5 Å². The Morgan fingerprint density at radius 3 is 1.87 bits per heavy atom. The summed E-state index contributed by atoms with van der Waals surface area (Å²) in [4.78, 5) is 0. The van der Waals surface area contributed by atoms with E-state index in [9.17, 15) is 12.6 Å². The molecule has 1 N–H and O–H groups in total. The zero-order chi connectivity index (χ0) is 11.7. The molecular formula is C3H9F3N3O3P3. The fraction of sp³-hybridized carbons (Fsp3) is 1.00. The summed E-state index contributed by atoms with van der Waals surface area (Å²) < 4.78 is 57.8. The van der Waals surface area contributed by atoms with Crippen molar-refractivity contribution in [3.05, 3.63) is 0 Å². The van der Waals surface area contributed by atoms with Gasteiger partial charge >= 0.3 is 15.5 Å². The van der Waals surface area contributed by atoms with Gasteiger partial charge in [0.05, 0.1) is 0 Å². The molecule has 0 radical (unpaired) electrons. The van der Waals surface area contributed by atoms with Crippen molar-refractivity contribution < 1.29 is 26.7 Å². The quantitative estimate of drug-likeness (QED) is 0.794. The van der Waals surface area contributed by atoms with Crippen LogP contribution in [-0.4, -0.2) is 25.7 Å². The van der Waals surface area contributed by atoms with Crippen LogP contribution in [0.5, 0.6) is 0 Å². The van der Waals surface area contributed by atoms with Crippen LogP contribution < -0.4 is 0 Å². The number of nitrogens with zero attached hydrogens (tertiary/aromatic N) is 3. The van der Waals surface area contributed by atoms with E-state index in [1.54, 1.807) is 0 Å². The Morgan fingerprint density at radius 1 is 1.00 bits per heavy atom. The van der Waals surface area contributed by atoms with Crippen LogP contribution in [0.1, 0.15) is 0 Å². The molecule has 1 heterocycles. The van der Waals surface area contributed by atoms with Crippen LogP contribution in [0.2, 0.25) is 0 Å². The Labute approximate surface area is 84.7 Å². The van der Waals surface area contributed by atoms with Crippen molar-refractivity contribution in [2.45, 2.75) is 0 Å². The predicted molar refractivity (Wildman–Crippen MR) is 52.5 cm³/mol. The summed E-state index contributed by atoms with van der Waals surface area (Å²) in [7, 11) is -11.3. The first-order valence-electron chi connectivity index (χ1n) is 3.52. The highest BCUT2D eigenvalue weighted by Crippen LogP contribution is 2.80. The van der Waals surface area contributed by atoms with Gasteiger partial charge in [-0.15, -0.1) is 4.52 Å². The first-order valence-corrected chi connectivity index (χ1v) is 8.30. The normalized spacial score (nSPS) is 45.2. The maximum atomic E-state index is 13.5. The van der Waals surface area contributed by atoms with E-state index in [0.717, 1.165) is 14.2 Å². The Morgan fingerprint density at radius 2 is 1.47 bits per heavy atom. The molecular weight excluding hydrogens is 276 g/mol. The lowest BCUT2D eigenvalue weighted by Crippen LogP contribution is -1.87. The van der Waals surface area contributed by atoms with E-state index in [-0.39, 0.29) is 0 Å². The molecule has 0 aromatic heterocycles. The Hall–Kier alpha value is 0.360. The zero-order valence-corrected chi connectivity index (χ0v) is 10.5. The summed E-state index contributed by atoms with van der Waals surface area (Å²) in [6, 6.07) is 0. The van der Waals surface area contributed by atoms with Gasteiger partial charge in [0.25, 0.3) is 7.52 Å². The Kier molecular flexibility index (Phi) is 3.87. The van der Waals surface area contributed by atoms with Gasteiger partial charge in [-0.2, -0.15) is 21.6 Å². The summed E-state index contributed by atoms with van der Waals surface area (Å²) in [5, 5.41) is 8.64. The molecule has 90 valence electrons. The first kappa shape index (κ1) is 13.4. The number of rotatable bonds is 3. The fourth-order valence-corrected chi connectivity index (χ4v) is 7.54. The lowest BCUT2D eigenvalue weighted by atomic mass is 11.7. The summed E-state index contributed by atoms with van der Waals surface area (Å²) in [5.74, 6) is 0. The van der Waals surface area contributed by atoms with E-state index >= 15 is 0 Å². The highest BCUT2D eigenvalue weighted by molar-refractivity contribution is 7.79. The Bertz CT molecular complexity index is 345. The molecule has 12 heteroatoms. The average Bonchev–Trinajstić information content (AvgIpc) is 2.16. The topological polar surface area (TPSA) is 75.8 Å². The number of hydrogen-bond donors (Lipinski definition) is 1. The van der Waals surface area contributed by atoms with Crippen LogP contribution in [0.4, 0.5) is 12.6 Å². The number of halogens is 3. The maximum Gasteiger partial charge on any atom is 0.385 e. The third-order valence-electron chi connectivity index (χ3n) is 1.36. The minimum Gasteiger partial charge on any atom is -0.386 e. The molecule has 0 aromatic carbocycles. The number of hydrogen-bond acceptors (Lipinski definition) is 6. The van der Waals surface area contributed by atoms with E-state index in [1.807, 2.05) is 0 Å². The molecule has 0 bridgehead atoms. The molecule has 3 atom stereocenters. The summed E-state index contributed by atoms with van der Waals surface area (Å²) >= 11 is 0. The van der Waals surface area contributed by atoms with E-state index in [2.05, 4.69) is 22.6 Å². The second-order valence-corrected chi connectivity index (χ2v) is 8.70. The summed E-state index contributed by atoms with van der Waals surface area (Å²) in [6.45, 7) is 0. The third-order valence-corrected chi connectivity index (χ3v) is 8.37. The van der Waals surface area contributed by atoms with E-state index in [4.69, 9.17) is 5.11 Å². The highest BCUT2D eigenvalue weighted by Gasteiger charge is 2.38. The first-order chi connectivity index (χ1) is 6.80. The van der Waals surface area contributed by atoms with Crippen molar-refractivity contribution in [3.8, 4) is 0 Å². The second-order valence-electron chi connectivity index (χ2n) is 2.36. The monoisotopic (exact) mass is 285 g/mol. The largest absolute Gasteiger partial charge is 0.386 e. The zero-order valence-electron chi connectivity index (χ0n) is 7.79. The van der Waals surface area contributed by atoms with Crippen LogP contribution in [0.25, 0.3) is 0 Å². The molecule has 0 saturated heterocycles. The molecule has 3 unspecified atom stereocenters. The van der Waals surface area contributed by atoms with Gasteiger partial charge in [0.15, 0.2) is 0 Å². The second kappa shape index (κ2) is 4.32. The molecule has 0 spiro atoms. The molecule has 0 aliphatic carbocycles. The lowest BCUT2D eigenvalue weighted by molar-refractivity contribution is 0.360.